The van der Waals surface area contributed by atoms with Gasteiger partial charge in [-0.2, -0.15) is 0 Å². The number of nitrogens with one attached hydrogen (secondary N) is 1. The summed E-state index contributed by atoms with van der Waals surface area (Å²) in [6, 6.07) is 30.6. The molecule has 0 aliphatic carbocycles. The number of hydrogen-bond acceptors (Lipinski definition) is 4. The Balaban J connectivity index is 1.82. The summed E-state index contributed by atoms with van der Waals surface area (Å²) in [5.41, 5.74) is 2.37. The largest absolute Gasteiger partial charge is 0.350 e. The smallest absolute Gasteiger partial charge is 0.264 e. The van der Waals surface area contributed by atoms with Crippen LogP contribution in [0.3, 0.4) is 0 Å². The molecule has 0 aliphatic rings. The quantitative estimate of drug-likeness (QED) is 0.208. The number of amides is 2. The standard InChI is InChI=1S/C35H38ClN3O4S/c1-26-13-11-16-28(21-26)24-38(32(34(41)37-35(2,3)4)22-27-14-7-5-8-15-27)33(40)25-39(30-18-12-17-29(36)23-30)44(42,43)31-19-9-6-10-20-31/h5-21,23,32H,22,24-25H2,1-4H3,(H,37,41)/t32-/m1/s1. The summed E-state index contributed by atoms with van der Waals surface area (Å²) in [6.45, 7) is 7.15. The molecule has 0 heterocycles. The number of halogens is 1. The van der Waals surface area contributed by atoms with Gasteiger partial charge in [-0.25, -0.2) is 8.42 Å². The summed E-state index contributed by atoms with van der Waals surface area (Å²) >= 11 is 6.28. The Morgan fingerprint density at radius 3 is 2.05 bits per heavy atom. The molecule has 0 aromatic heterocycles. The number of hydrogen-bond donors (Lipinski definition) is 1. The fraction of sp³-hybridized carbons (Fsp3) is 0.257. The molecule has 1 atom stereocenters. The van der Waals surface area contributed by atoms with Crippen molar-refractivity contribution in [1.82, 2.24) is 10.2 Å². The van der Waals surface area contributed by atoms with Gasteiger partial charge in [0, 0.05) is 23.5 Å². The number of benzene rings is 4. The van der Waals surface area contributed by atoms with Crippen LogP contribution in [0.5, 0.6) is 0 Å². The number of anilines is 1. The molecular formula is C35H38ClN3O4S. The number of sulfonamides is 1. The van der Waals surface area contributed by atoms with Gasteiger partial charge in [-0.3, -0.25) is 13.9 Å². The minimum absolute atomic E-state index is 0.0318. The molecule has 4 aromatic carbocycles. The van der Waals surface area contributed by atoms with E-state index >= 15 is 0 Å². The van der Waals surface area contributed by atoms with E-state index in [0.717, 1.165) is 21.0 Å². The summed E-state index contributed by atoms with van der Waals surface area (Å²) in [5, 5.41) is 3.36. The lowest BCUT2D eigenvalue weighted by atomic mass is 10.0. The second-order valence-electron chi connectivity index (χ2n) is 11.8. The molecule has 0 saturated carbocycles. The number of nitrogens with zero attached hydrogens (tertiary/aromatic N) is 2. The van der Waals surface area contributed by atoms with E-state index < -0.39 is 34.1 Å². The third-order valence-electron chi connectivity index (χ3n) is 6.91. The van der Waals surface area contributed by atoms with E-state index in [-0.39, 0.29) is 29.5 Å². The summed E-state index contributed by atoms with van der Waals surface area (Å²) in [6.07, 6.45) is 0.239. The van der Waals surface area contributed by atoms with Gasteiger partial charge < -0.3 is 10.2 Å². The highest BCUT2D eigenvalue weighted by Crippen LogP contribution is 2.27. The molecule has 230 valence electrons. The average molecular weight is 632 g/mol. The highest BCUT2D eigenvalue weighted by Gasteiger charge is 2.35. The number of carbonyl (C=O) groups excluding carboxylic acids is 2. The second-order valence-corrected chi connectivity index (χ2v) is 14.1. The molecule has 4 rings (SSSR count). The van der Waals surface area contributed by atoms with Crippen LogP contribution < -0.4 is 9.62 Å². The van der Waals surface area contributed by atoms with Gasteiger partial charge in [0.05, 0.1) is 10.6 Å². The van der Waals surface area contributed by atoms with Crippen molar-refractivity contribution in [2.24, 2.45) is 0 Å². The van der Waals surface area contributed by atoms with Gasteiger partial charge >= 0.3 is 0 Å². The van der Waals surface area contributed by atoms with Crippen molar-refractivity contribution in [2.45, 2.75) is 57.1 Å². The lowest BCUT2D eigenvalue weighted by Crippen LogP contribution is -2.56. The first-order valence-corrected chi connectivity index (χ1v) is 16.2. The summed E-state index contributed by atoms with van der Waals surface area (Å²) in [7, 11) is -4.19. The van der Waals surface area contributed by atoms with E-state index in [0.29, 0.717) is 5.02 Å². The van der Waals surface area contributed by atoms with Gasteiger partial charge in [0.15, 0.2) is 0 Å². The molecule has 0 bridgehead atoms. The molecular weight excluding hydrogens is 594 g/mol. The average Bonchev–Trinajstić information content (AvgIpc) is 2.97. The van der Waals surface area contributed by atoms with Gasteiger partial charge in [0.1, 0.15) is 12.6 Å². The zero-order valence-electron chi connectivity index (χ0n) is 25.4. The maximum absolute atomic E-state index is 14.5. The molecule has 44 heavy (non-hydrogen) atoms. The topological polar surface area (TPSA) is 86.8 Å². The summed E-state index contributed by atoms with van der Waals surface area (Å²) in [5.74, 6) is -0.862. The van der Waals surface area contributed by atoms with Crippen molar-refractivity contribution in [1.29, 1.82) is 0 Å². The second kappa shape index (κ2) is 14.1. The highest BCUT2D eigenvalue weighted by atomic mass is 35.5. The first-order valence-electron chi connectivity index (χ1n) is 14.4. The van der Waals surface area contributed by atoms with Crippen molar-refractivity contribution in [3.8, 4) is 0 Å². The summed E-state index contributed by atoms with van der Waals surface area (Å²) < 4.78 is 29.1. The fourth-order valence-electron chi connectivity index (χ4n) is 4.89. The SMILES string of the molecule is Cc1cccc(CN(C(=O)CN(c2cccc(Cl)c2)S(=O)(=O)c2ccccc2)[C@H](Cc2ccccc2)C(=O)NC(C)(C)C)c1. The Hall–Kier alpha value is -4.14. The minimum atomic E-state index is -4.19. The maximum atomic E-state index is 14.5. The molecule has 0 spiro atoms. The lowest BCUT2D eigenvalue weighted by Gasteiger charge is -2.35. The molecule has 9 heteroatoms. The molecule has 2 amide bonds. The monoisotopic (exact) mass is 631 g/mol. The van der Waals surface area contributed by atoms with Crippen LogP contribution in [0.1, 0.15) is 37.5 Å². The van der Waals surface area contributed by atoms with E-state index in [9.17, 15) is 18.0 Å². The van der Waals surface area contributed by atoms with Crippen molar-refractivity contribution < 1.29 is 18.0 Å². The number of carbonyl (C=O) groups is 2. The van der Waals surface area contributed by atoms with Gasteiger partial charge in [-0.15, -0.1) is 0 Å². The van der Waals surface area contributed by atoms with Crippen LogP contribution in [0.25, 0.3) is 0 Å². The zero-order chi connectivity index (χ0) is 31.9. The molecule has 4 aromatic rings. The molecule has 0 unspecified atom stereocenters. The van der Waals surface area contributed by atoms with Crippen LogP contribution in [0, 0.1) is 6.92 Å². The predicted molar refractivity (Wildman–Crippen MR) is 176 cm³/mol. The van der Waals surface area contributed by atoms with E-state index in [1.165, 1.54) is 23.1 Å². The Morgan fingerprint density at radius 1 is 0.818 bits per heavy atom. The van der Waals surface area contributed by atoms with Crippen LogP contribution >= 0.6 is 11.6 Å². The molecule has 1 N–H and O–H groups in total. The van der Waals surface area contributed by atoms with E-state index in [1.807, 2.05) is 82.3 Å². The van der Waals surface area contributed by atoms with E-state index in [4.69, 9.17) is 11.6 Å². The van der Waals surface area contributed by atoms with Crippen LogP contribution in [-0.4, -0.2) is 43.3 Å². The van der Waals surface area contributed by atoms with Crippen molar-refractivity contribution in [3.63, 3.8) is 0 Å². The number of rotatable bonds is 11. The molecule has 0 fully saturated rings. The normalized spacial score (nSPS) is 12.3. The highest BCUT2D eigenvalue weighted by molar-refractivity contribution is 7.92. The van der Waals surface area contributed by atoms with Crippen LogP contribution in [0.15, 0.2) is 114 Å². The van der Waals surface area contributed by atoms with Crippen LogP contribution in [-0.2, 0) is 32.6 Å². The first kappa shape index (κ1) is 32.8. The maximum Gasteiger partial charge on any atom is 0.264 e. The Bertz CT molecular complexity index is 1690. The van der Waals surface area contributed by atoms with E-state index in [1.54, 1.807) is 36.4 Å². The molecule has 0 radical (unpaired) electrons. The zero-order valence-corrected chi connectivity index (χ0v) is 27.0. The number of aryl methyl sites for hydroxylation is 1. The van der Waals surface area contributed by atoms with Crippen molar-refractivity contribution in [2.75, 3.05) is 10.8 Å². The van der Waals surface area contributed by atoms with Crippen molar-refractivity contribution >= 4 is 39.1 Å². The fourth-order valence-corrected chi connectivity index (χ4v) is 6.51. The van der Waals surface area contributed by atoms with Gasteiger partial charge in [-0.1, -0.05) is 96.0 Å². The van der Waals surface area contributed by atoms with Gasteiger partial charge in [0.25, 0.3) is 10.0 Å². The van der Waals surface area contributed by atoms with Crippen LogP contribution in [0.2, 0.25) is 5.02 Å². The van der Waals surface area contributed by atoms with Gasteiger partial charge in [-0.05, 0) is 69.2 Å². The van der Waals surface area contributed by atoms with Crippen LogP contribution in [0.4, 0.5) is 5.69 Å². The van der Waals surface area contributed by atoms with Crippen molar-refractivity contribution in [3.05, 3.63) is 131 Å². The van der Waals surface area contributed by atoms with Gasteiger partial charge in [0.2, 0.25) is 11.8 Å². The minimum Gasteiger partial charge on any atom is -0.350 e. The van der Waals surface area contributed by atoms with E-state index in [2.05, 4.69) is 5.32 Å². The third kappa shape index (κ3) is 8.71. The molecule has 7 nitrogen and oxygen atoms in total. The Labute approximate surface area is 265 Å². The molecule has 0 saturated heterocycles. The third-order valence-corrected chi connectivity index (χ3v) is 8.93. The summed E-state index contributed by atoms with van der Waals surface area (Å²) in [4.78, 5) is 29.9. The molecule has 0 aliphatic heterocycles. The Kier molecular flexibility index (Phi) is 10.5. The predicted octanol–water partition coefficient (Wildman–Crippen LogP) is 6.40. The Morgan fingerprint density at radius 2 is 1.43 bits per heavy atom. The first-order chi connectivity index (χ1) is 20.8. The lowest BCUT2D eigenvalue weighted by molar-refractivity contribution is -0.140.